The monoisotopic (exact) mass is 913 g/mol. The summed E-state index contributed by atoms with van der Waals surface area (Å²) in [5.74, 6) is -9.65. The van der Waals surface area contributed by atoms with Crippen LogP contribution in [0.15, 0.2) is 54.6 Å². The molecule has 11 N–H and O–H groups in total. The number of hydrogen-bond acceptors (Lipinski definition) is 12. The summed E-state index contributed by atoms with van der Waals surface area (Å²) in [4.78, 5) is 119. The molecular weight excluding hydrogens is 855 g/mol. The number of likely N-dealkylation sites (tertiary alicyclic amines) is 1. The molecule has 0 bridgehead atoms. The molecule has 0 saturated carbocycles. The summed E-state index contributed by atoms with van der Waals surface area (Å²) < 4.78 is 0. The minimum absolute atomic E-state index is 0.0219. The molecule has 1 aliphatic rings. The number of amides is 6. The lowest BCUT2D eigenvalue weighted by Gasteiger charge is -2.30. The van der Waals surface area contributed by atoms with Crippen molar-refractivity contribution >= 4 is 65.1 Å². The van der Waals surface area contributed by atoms with E-state index in [0.717, 1.165) is 10.5 Å². The molecule has 6 amide bonds. The Bertz CT molecular complexity index is 1960. The lowest BCUT2D eigenvalue weighted by molar-refractivity contribution is -0.150. The van der Waals surface area contributed by atoms with Crippen LogP contribution in [0.25, 0.3) is 0 Å². The van der Waals surface area contributed by atoms with Crippen molar-refractivity contribution in [1.82, 2.24) is 31.5 Å². The summed E-state index contributed by atoms with van der Waals surface area (Å²) in [7, 11) is 0. The standard InChI is InChI=1S/C43H59N7O13S/c1-4-24(2)36(49-40(59)31(22-26-12-14-27(51)15-13-26)47-37(56)28(44)21-25-9-6-5-7-10-25)41(60)46-29(16-17-34(52)53)38(57)45-30(18-20-64-3)39(58)48-32(23-35(54)55)42(61)50-19-8-11-33(50)43(62)63/h5-7,9-10,12-15,24,28-33,36,51H,4,8,11,16-23,44H2,1-3H3,(H,45,57)(H,46,60)(H,47,56)(H,48,58)(H,49,59)(H,52,53)(H,54,55)(H,62,63)/t24-,28-,29-,30-,31-,32-,33-,36-/m0/s1. The third-order valence-corrected chi connectivity index (χ3v) is 11.4. The Kier molecular flexibility index (Phi) is 21.0. The van der Waals surface area contributed by atoms with Gasteiger partial charge in [-0.2, -0.15) is 11.8 Å². The quantitative estimate of drug-likeness (QED) is 0.0601. The van der Waals surface area contributed by atoms with Crippen LogP contribution in [-0.2, 0) is 56.0 Å². The first-order valence-corrected chi connectivity index (χ1v) is 22.3. The van der Waals surface area contributed by atoms with Crippen LogP contribution in [-0.4, -0.2) is 140 Å². The van der Waals surface area contributed by atoms with Crippen molar-refractivity contribution in [3.05, 3.63) is 65.7 Å². The van der Waals surface area contributed by atoms with E-state index in [2.05, 4.69) is 26.6 Å². The van der Waals surface area contributed by atoms with Gasteiger partial charge in [-0.3, -0.25) is 38.4 Å². The number of carboxylic acid groups (broad SMARTS) is 3. The predicted octanol–water partition coefficient (Wildman–Crippen LogP) is 0.143. The van der Waals surface area contributed by atoms with Crippen LogP contribution in [0.1, 0.15) is 69.9 Å². The molecular formula is C43H59N7O13S. The highest BCUT2D eigenvalue weighted by atomic mass is 32.2. The Morgan fingerprint density at radius 2 is 1.28 bits per heavy atom. The van der Waals surface area contributed by atoms with Gasteiger partial charge >= 0.3 is 17.9 Å². The Morgan fingerprint density at radius 1 is 0.719 bits per heavy atom. The van der Waals surface area contributed by atoms with Gasteiger partial charge in [-0.15, -0.1) is 0 Å². The Hall–Kier alpha value is -6.22. The zero-order valence-electron chi connectivity index (χ0n) is 36.0. The van der Waals surface area contributed by atoms with Crippen LogP contribution < -0.4 is 32.3 Å². The van der Waals surface area contributed by atoms with E-state index in [1.54, 1.807) is 56.5 Å². The van der Waals surface area contributed by atoms with Crippen molar-refractivity contribution in [2.24, 2.45) is 11.7 Å². The highest BCUT2D eigenvalue weighted by molar-refractivity contribution is 7.98. The maximum atomic E-state index is 14.1. The number of aliphatic carboxylic acids is 3. The number of carbonyl (C=O) groups is 9. The van der Waals surface area contributed by atoms with Crippen molar-refractivity contribution < 1.29 is 63.6 Å². The summed E-state index contributed by atoms with van der Waals surface area (Å²) in [6.45, 7) is 3.42. The van der Waals surface area contributed by atoms with E-state index < -0.39 is 121 Å². The predicted molar refractivity (Wildman–Crippen MR) is 234 cm³/mol. The molecule has 2 aromatic carbocycles. The van der Waals surface area contributed by atoms with Crippen LogP contribution >= 0.6 is 11.8 Å². The van der Waals surface area contributed by atoms with Crippen molar-refractivity contribution in [1.29, 1.82) is 0 Å². The number of nitrogens with two attached hydrogens (primary N) is 1. The molecule has 0 unspecified atom stereocenters. The second-order valence-electron chi connectivity index (χ2n) is 15.6. The largest absolute Gasteiger partial charge is 0.508 e. The third kappa shape index (κ3) is 16.5. The molecule has 1 saturated heterocycles. The first kappa shape index (κ1) is 52.1. The molecule has 0 aromatic heterocycles. The number of benzene rings is 2. The molecule has 1 heterocycles. The number of nitrogens with one attached hydrogen (secondary N) is 5. The fraction of sp³-hybridized carbons (Fsp3) is 0.512. The Balaban J connectivity index is 1.86. The minimum Gasteiger partial charge on any atom is -0.508 e. The van der Waals surface area contributed by atoms with E-state index >= 15 is 0 Å². The molecule has 3 rings (SSSR count). The molecule has 20 nitrogen and oxygen atoms in total. The summed E-state index contributed by atoms with van der Waals surface area (Å²) in [5, 5.41) is 51.2. The number of hydrogen-bond donors (Lipinski definition) is 10. The number of carbonyl (C=O) groups excluding carboxylic acids is 6. The number of aromatic hydroxyl groups is 1. The van der Waals surface area contributed by atoms with Crippen molar-refractivity contribution in [3.8, 4) is 5.75 Å². The van der Waals surface area contributed by atoms with Crippen LogP contribution in [0, 0.1) is 5.92 Å². The van der Waals surface area contributed by atoms with Gasteiger partial charge in [0.25, 0.3) is 0 Å². The average molecular weight is 914 g/mol. The van der Waals surface area contributed by atoms with E-state index in [4.69, 9.17) is 5.73 Å². The number of phenols is 1. The minimum atomic E-state index is -1.69. The highest BCUT2D eigenvalue weighted by Gasteiger charge is 2.40. The number of rotatable bonds is 26. The number of phenolic OH excluding ortho intramolecular Hbond substituents is 1. The van der Waals surface area contributed by atoms with Crippen LogP contribution in [0.2, 0.25) is 0 Å². The maximum Gasteiger partial charge on any atom is 0.326 e. The van der Waals surface area contributed by atoms with Crippen molar-refractivity contribution in [2.45, 2.75) is 114 Å². The van der Waals surface area contributed by atoms with E-state index in [0.29, 0.717) is 18.4 Å². The first-order chi connectivity index (χ1) is 30.3. The summed E-state index contributed by atoms with van der Waals surface area (Å²) in [6, 6.07) is 5.28. The Labute approximate surface area is 374 Å². The van der Waals surface area contributed by atoms with Crippen LogP contribution in [0.3, 0.4) is 0 Å². The van der Waals surface area contributed by atoms with E-state index in [1.165, 1.54) is 23.9 Å². The molecule has 2 aromatic rings. The van der Waals surface area contributed by atoms with E-state index in [1.807, 2.05) is 6.07 Å². The summed E-state index contributed by atoms with van der Waals surface area (Å²) in [6.07, 6.45) is 0.580. The molecule has 0 aliphatic carbocycles. The SMILES string of the molecule is CC[C@H](C)[C@H](NC(=O)[C@H](Cc1ccc(O)cc1)NC(=O)[C@@H](N)Cc1ccccc1)C(=O)N[C@@H](CCC(=O)O)C(=O)N[C@@H](CCSC)C(=O)N[C@@H](CC(=O)O)C(=O)N1CCC[C@H]1C(=O)O. The van der Waals surface area contributed by atoms with Gasteiger partial charge in [-0.05, 0) is 73.3 Å². The molecule has 1 fully saturated rings. The number of thioether (sulfide) groups is 1. The van der Waals surface area contributed by atoms with Gasteiger partial charge in [0.15, 0.2) is 0 Å². The molecule has 0 spiro atoms. The van der Waals surface area contributed by atoms with Gasteiger partial charge in [0.05, 0.1) is 12.5 Å². The number of nitrogens with zero attached hydrogens (tertiary/aromatic N) is 1. The second-order valence-corrected chi connectivity index (χ2v) is 16.6. The van der Waals surface area contributed by atoms with Gasteiger partial charge in [-0.1, -0.05) is 62.7 Å². The lowest BCUT2D eigenvalue weighted by Crippen LogP contribution is -2.61. The van der Waals surface area contributed by atoms with Gasteiger partial charge in [-0.25, -0.2) is 4.79 Å². The first-order valence-electron chi connectivity index (χ1n) is 20.9. The Morgan fingerprint density at radius 3 is 1.86 bits per heavy atom. The molecule has 350 valence electrons. The van der Waals surface area contributed by atoms with Gasteiger partial charge in [0.1, 0.15) is 42.0 Å². The zero-order valence-corrected chi connectivity index (χ0v) is 36.8. The van der Waals surface area contributed by atoms with Crippen molar-refractivity contribution in [2.75, 3.05) is 18.6 Å². The normalized spacial score (nSPS) is 16.7. The van der Waals surface area contributed by atoms with Gasteiger partial charge in [0.2, 0.25) is 35.4 Å². The fourth-order valence-electron chi connectivity index (χ4n) is 6.98. The average Bonchev–Trinajstić information content (AvgIpc) is 3.76. The molecule has 0 radical (unpaired) electrons. The molecule has 21 heteroatoms. The smallest absolute Gasteiger partial charge is 0.326 e. The highest BCUT2D eigenvalue weighted by Crippen LogP contribution is 2.20. The van der Waals surface area contributed by atoms with E-state index in [9.17, 15) is 63.6 Å². The fourth-order valence-corrected chi connectivity index (χ4v) is 7.45. The summed E-state index contributed by atoms with van der Waals surface area (Å²) >= 11 is 1.29. The maximum absolute atomic E-state index is 14.1. The zero-order chi connectivity index (χ0) is 47.5. The number of carboxylic acids is 3. The second kappa shape index (κ2) is 25.8. The van der Waals surface area contributed by atoms with Gasteiger partial charge in [0, 0.05) is 19.4 Å². The van der Waals surface area contributed by atoms with Crippen LogP contribution in [0.5, 0.6) is 5.75 Å². The van der Waals surface area contributed by atoms with Crippen molar-refractivity contribution in [3.63, 3.8) is 0 Å². The van der Waals surface area contributed by atoms with E-state index in [-0.39, 0.29) is 43.7 Å². The van der Waals surface area contributed by atoms with Crippen LogP contribution in [0.4, 0.5) is 0 Å². The summed E-state index contributed by atoms with van der Waals surface area (Å²) in [5.41, 5.74) is 7.56. The third-order valence-electron chi connectivity index (χ3n) is 10.8. The lowest BCUT2D eigenvalue weighted by atomic mass is 9.96. The van der Waals surface area contributed by atoms with Gasteiger partial charge < -0.3 is 57.6 Å². The topological polar surface area (TPSA) is 324 Å². The molecule has 8 atom stereocenters. The molecule has 64 heavy (non-hydrogen) atoms. The molecule has 1 aliphatic heterocycles.